The van der Waals surface area contributed by atoms with Crippen LogP contribution in [-0.4, -0.2) is 29.2 Å². The van der Waals surface area contributed by atoms with E-state index in [2.05, 4.69) is 19.2 Å². The first kappa shape index (κ1) is 21.4. The van der Waals surface area contributed by atoms with Crippen LogP contribution in [0.4, 0.5) is 11.4 Å². The molecule has 0 aromatic heterocycles. The number of carbonyl (C=O) groups excluding carboxylic acids is 2. The number of para-hydroxylation sites is 1. The van der Waals surface area contributed by atoms with Crippen molar-refractivity contribution in [1.82, 2.24) is 0 Å². The molecule has 0 radical (unpaired) electrons. The third-order valence-electron chi connectivity index (χ3n) is 4.15. The van der Waals surface area contributed by atoms with Gasteiger partial charge in [-0.1, -0.05) is 32.0 Å². The normalized spacial score (nSPS) is 11.5. The number of thioether (sulfide) groups is 1. The van der Waals surface area contributed by atoms with E-state index in [-0.39, 0.29) is 18.0 Å². The second-order valence-corrected chi connectivity index (χ2v) is 7.19. The molecule has 8 heteroatoms. The molecule has 1 amide bonds. The lowest BCUT2D eigenvalue weighted by molar-refractivity contribution is -0.384. The average Bonchev–Trinajstić information content (AvgIpc) is 2.70. The Balaban J connectivity index is 1.80. The van der Waals surface area contributed by atoms with Crippen LogP contribution in [0, 0.1) is 10.1 Å². The van der Waals surface area contributed by atoms with Crippen molar-refractivity contribution >= 4 is 35.0 Å². The Hall–Kier alpha value is -2.87. The lowest BCUT2D eigenvalue weighted by atomic mass is 9.97. The van der Waals surface area contributed by atoms with E-state index in [4.69, 9.17) is 4.74 Å². The Bertz CT molecular complexity index is 839. The van der Waals surface area contributed by atoms with Crippen LogP contribution in [0.3, 0.4) is 0 Å². The first-order chi connectivity index (χ1) is 13.4. The molecule has 1 atom stereocenters. The van der Waals surface area contributed by atoms with Gasteiger partial charge in [-0.05, 0) is 36.1 Å². The van der Waals surface area contributed by atoms with Gasteiger partial charge < -0.3 is 10.1 Å². The Morgan fingerprint density at radius 3 is 2.50 bits per heavy atom. The molecule has 0 fully saturated rings. The minimum absolute atomic E-state index is 0.00848. The summed E-state index contributed by atoms with van der Waals surface area (Å²) in [7, 11) is 0. The van der Waals surface area contributed by atoms with Gasteiger partial charge in [0.2, 0.25) is 0 Å². The van der Waals surface area contributed by atoms with Crippen molar-refractivity contribution in [1.29, 1.82) is 0 Å². The number of hydrogen-bond acceptors (Lipinski definition) is 6. The number of benzene rings is 2. The van der Waals surface area contributed by atoms with Crippen molar-refractivity contribution < 1.29 is 19.2 Å². The number of carbonyl (C=O) groups is 2. The van der Waals surface area contributed by atoms with Gasteiger partial charge in [-0.15, -0.1) is 11.8 Å². The van der Waals surface area contributed by atoms with Gasteiger partial charge >= 0.3 is 5.97 Å². The van der Waals surface area contributed by atoms with Crippen LogP contribution in [0.5, 0.6) is 0 Å². The smallest absolute Gasteiger partial charge is 0.316 e. The van der Waals surface area contributed by atoms with Gasteiger partial charge in [0.15, 0.2) is 6.61 Å². The standard InChI is InChI=1S/C20H22N2O5S/c1-3-14(2)17-6-4-5-7-18(17)21-19(23)12-27-20(24)13-28-16-10-8-15(9-11-16)22(25)26/h4-11,14H,3,12-13H2,1-2H3,(H,21,23)/t14-/m1/s1. The Kier molecular flexibility index (Phi) is 8.01. The van der Waals surface area contributed by atoms with Gasteiger partial charge in [-0.25, -0.2) is 0 Å². The molecule has 2 aromatic carbocycles. The first-order valence-electron chi connectivity index (χ1n) is 8.82. The summed E-state index contributed by atoms with van der Waals surface area (Å²) >= 11 is 1.19. The van der Waals surface area contributed by atoms with Crippen LogP contribution in [-0.2, 0) is 14.3 Å². The highest BCUT2D eigenvalue weighted by Crippen LogP contribution is 2.26. The molecule has 0 aliphatic carbocycles. The number of nitro benzene ring substituents is 1. The van der Waals surface area contributed by atoms with Gasteiger partial charge in [-0.2, -0.15) is 0 Å². The Morgan fingerprint density at radius 1 is 1.18 bits per heavy atom. The first-order valence-corrected chi connectivity index (χ1v) is 9.81. The van der Waals surface area contributed by atoms with Crippen molar-refractivity contribution in [2.24, 2.45) is 0 Å². The van der Waals surface area contributed by atoms with Crippen LogP contribution >= 0.6 is 11.8 Å². The average molecular weight is 402 g/mol. The highest BCUT2D eigenvalue weighted by atomic mass is 32.2. The summed E-state index contributed by atoms with van der Waals surface area (Å²) in [6, 6.07) is 13.4. The molecule has 1 N–H and O–H groups in total. The number of rotatable bonds is 9. The SMILES string of the molecule is CC[C@@H](C)c1ccccc1NC(=O)COC(=O)CSc1ccc([N+](=O)[O-])cc1. The molecule has 0 saturated heterocycles. The van der Waals surface area contributed by atoms with Gasteiger partial charge in [-0.3, -0.25) is 19.7 Å². The largest absolute Gasteiger partial charge is 0.455 e. The molecule has 0 aliphatic heterocycles. The molecule has 0 bridgehead atoms. The summed E-state index contributed by atoms with van der Waals surface area (Å²) in [5.41, 5.74) is 1.75. The maximum Gasteiger partial charge on any atom is 0.316 e. The predicted octanol–water partition coefficient (Wildman–Crippen LogP) is 4.38. The quantitative estimate of drug-likeness (QED) is 0.289. The fourth-order valence-electron chi connectivity index (χ4n) is 2.44. The summed E-state index contributed by atoms with van der Waals surface area (Å²) < 4.78 is 5.01. The summed E-state index contributed by atoms with van der Waals surface area (Å²) in [5.74, 6) is -0.621. The third-order valence-corrected chi connectivity index (χ3v) is 5.13. The number of ether oxygens (including phenoxy) is 1. The van der Waals surface area contributed by atoms with Crippen LogP contribution in [0.15, 0.2) is 53.4 Å². The number of non-ortho nitro benzene ring substituents is 1. The van der Waals surface area contributed by atoms with E-state index in [0.29, 0.717) is 10.8 Å². The van der Waals surface area contributed by atoms with Crippen molar-refractivity contribution in [2.45, 2.75) is 31.1 Å². The summed E-state index contributed by atoms with van der Waals surface area (Å²) in [4.78, 5) is 34.8. The fraction of sp³-hybridized carbons (Fsp3) is 0.300. The molecule has 2 rings (SSSR count). The minimum Gasteiger partial charge on any atom is -0.455 e. The van der Waals surface area contributed by atoms with Gasteiger partial charge in [0, 0.05) is 22.7 Å². The van der Waals surface area contributed by atoms with E-state index in [9.17, 15) is 19.7 Å². The van der Waals surface area contributed by atoms with E-state index in [1.54, 1.807) is 12.1 Å². The maximum absolute atomic E-state index is 12.1. The Morgan fingerprint density at radius 2 is 1.86 bits per heavy atom. The zero-order valence-electron chi connectivity index (χ0n) is 15.7. The number of anilines is 1. The molecule has 0 spiro atoms. The number of nitrogens with zero attached hydrogens (tertiary/aromatic N) is 1. The number of esters is 1. The van der Waals surface area contributed by atoms with Crippen LogP contribution in [0.1, 0.15) is 31.7 Å². The highest BCUT2D eigenvalue weighted by Gasteiger charge is 2.13. The monoisotopic (exact) mass is 402 g/mol. The molecule has 2 aromatic rings. The molecule has 0 unspecified atom stereocenters. The van der Waals surface area contributed by atoms with Gasteiger partial charge in [0.25, 0.3) is 11.6 Å². The van der Waals surface area contributed by atoms with Crippen molar-refractivity contribution in [3.8, 4) is 0 Å². The van der Waals surface area contributed by atoms with E-state index >= 15 is 0 Å². The molecule has 148 valence electrons. The van der Waals surface area contributed by atoms with E-state index in [0.717, 1.165) is 17.7 Å². The van der Waals surface area contributed by atoms with E-state index < -0.39 is 16.8 Å². The molecule has 0 heterocycles. The zero-order chi connectivity index (χ0) is 20.5. The fourth-order valence-corrected chi connectivity index (χ4v) is 3.14. The summed E-state index contributed by atoms with van der Waals surface area (Å²) in [5, 5.41) is 13.4. The molecular formula is C20H22N2O5S. The summed E-state index contributed by atoms with van der Waals surface area (Å²) in [6.07, 6.45) is 0.946. The number of hydrogen-bond donors (Lipinski definition) is 1. The number of nitro groups is 1. The van der Waals surface area contributed by atoms with E-state index in [1.807, 2.05) is 24.3 Å². The summed E-state index contributed by atoms with van der Waals surface area (Å²) in [6.45, 7) is 3.79. The second-order valence-electron chi connectivity index (χ2n) is 6.15. The van der Waals surface area contributed by atoms with Crippen molar-refractivity contribution in [3.05, 3.63) is 64.2 Å². The molecule has 28 heavy (non-hydrogen) atoms. The molecular weight excluding hydrogens is 380 g/mol. The topological polar surface area (TPSA) is 98.5 Å². The highest BCUT2D eigenvalue weighted by molar-refractivity contribution is 8.00. The lowest BCUT2D eigenvalue weighted by Gasteiger charge is -2.15. The van der Waals surface area contributed by atoms with E-state index in [1.165, 1.54) is 23.9 Å². The second kappa shape index (κ2) is 10.5. The van der Waals surface area contributed by atoms with Crippen LogP contribution < -0.4 is 5.32 Å². The van der Waals surface area contributed by atoms with Crippen molar-refractivity contribution in [3.63, 3.8) is 0 Å². The molecule has 0 aliphatic rings. The number of amides is 1. The third kappa shape index (κ3) is 6.38. The van der Waals surface area contributed by atoms with Crippen LogP contribution in [0.25, 0.3) is 0 Å². The van der Waals surface area contributed by atoms with Crippen molar-refractivity contribution in [2.75, 3.05) is 17.7 Å². The minimum atomic E-state index is -0.534. The predicted molar refractivity (Wildman–Crippen MR) is 109 cm³/mol. The van der Waals surface area contributed by atoms with Gasteiger partial charge in [0.05, 0.1) is 10.7 Å². The van der Waals surface area contributed by atoms with Crippen LogP contribution in [0.2, 0.25) is 0 Å². The maximum atomic E-state index is 12.1. The zero-order valence-corrected chi connectivity index (χ0v) is 16.5. The molecule has 0 saturated carbocycles. The number of nitrogens with one attached hydrogen (secondary N) is 1. The lowest BCUT2D eigenvalue weighted by Crippen LogP contribution is -2.22. The van der Waals surface area contributed by atoms with Gasteiger partial charge in [0.1, 0.15) is 0 Å². The Labute approximate surface area is 167 Å². The molecule has 7 nitrogen and oxygen atoms in total.